The van der Waals surface area contributed by atoms with Gasteiger partial charge in [0.25, 0.3) is 0 Å². The van der Waals surface area contributed by atoms with Gasteiger partial charge in [-0.05, 0) is 74.2 Å². The van der Waals surface area contributed by atoms with Crippen LogP contribution in [0.25, 0.3) is 0 Å². The van der Waals surface area contributed by atoms with Crippen LogP contribution in [0.2, 0.25) is 0 Å². The molecule has 1 unspecified atom stereocenters. The molecule has 0 radical (unpaired) electrons. The van der Waals surface area contributed by atoms with Crippen molar-refractivity contribution in [2.75, 3.05) is 0 Å². The number of hydrogen-bond donors (Lipinski definition) is 1. The number of aromatic nitrogens is 2. The monoisotopic (exact) mass is 287 g/mol. The van der Waals surface area contributed by atoms with E-state index in [4.69, 9.17) is 5.73 Å². The Bertz CT molecular complexity index is 571. The van der Waals surface area contributed by atoms with Crippen LogP contribution in [0, 0.1) is 30.1 Å². The number of aryl methyl sites for hydroxylation is 1. The fourth-order valence-electron chi connectivity index (χ4n) is 5.73. The van der Waals surface area contributed by atoms with E-state index in [1.165, 1.54) is 38.5 Å². The van der Waals surface area contributed by atoms with Crippen LogP contribution in [0.1, 0.15) is 44.1 Å². The zero-order valence-electron chi connectivity index (χ0n) is 12.8. The predicted molar refractivity (Wildman–Crippen MR) is 81.8 cm³/mol. The standard InChI is InChI=1S/C17H25N3O/c1-11-8-19-16(21)20(9-11)10-15(18)17-5-12-2-13(6-17)4-14(3-12)7-17/h8-9,12-15H,2-7,10,18H2,1H3. The van der Waals surface area contributed by atoms with Crippen LogP contribution in [0.3, 0.4) is 0 Å². The Morgan fingerprint density at radius 2 is 1.86 bits per heavy atom. The van der Waals surface area contributed by atoms with Gasteiger partial charge in [-0.1, -0.05) is 0 Å². The van der Waals surface area contributed by atoms with E-state index in [0.29, 0.717) is 6.54 Å². The molecule has 0 aromatic carbocycles. The summed E-state index contributed by atoms with van der Waals surface area (Å²) in [5.41, 5.74) is 7.78. The molecule has 4 aliphatic rings. The van der Waals surface area contributed by atoms with Gasteiger partial charge in [-0.25, -0.2) is 9.78 Å². The highest BCUT2D eigenvalue weighted by Crippen LogP contribution is 2.61. The first-order valence-electron chi connectivity index (χ1n) is 8.33. The van der Waals surface area contributed by atoms with E-state index in [1.807, 2.05) is 13.1 Å². The minimum Gasteiger partial charge on any atom is -0.326 e. The van der Waals surface area contributed by atoms with Crippen molar-refractivity contribution in [2.24, 2.45) is 28.9 Å². The molecule has 4 aliphatic carbocycles. The van der Waals surface area contributed by atoms with Crippen molar-refractivity contribution in [1.29, 1.82) is 0 Å². The molecule has 5 rings (SSSR count). The quantitative estimate of drug-likeness (QED) is 0.926. The van der Waals surface area contributed by atoms with Crippen molar-refractivity contribution in [1.82, 2.24) is 9.55 Å². The van der Waals surface area contributed by atoms with Crippen LogP contribution in [0.5, 0.6) is 0 Å². The fraction of sp³-hybridized carbons (Fsp3) is 0.765. The number of rotatable bonds is 3. The second-order valence-corrected chi connectivity index (χ2v) is 7.95. The summed E-state index contributed by atoms with van der Waals surface area (Å²) in [5.74, 6) is 2.69. The normalized spacial score (nSPS) is 38.7. The van der Waals surface area contributed by atoms with E-state index in [9.17, 15) is 4.79 Å². The van der Waals surface area contributed by atoms with Gasteiger partial charge < -0.3 is 5.73 Å². The lowest BCUT2D eigenvalue weighted by molar-refractivity contribution is -0.0696. The Balaban J connectivity index is 1.58. The highest BCUT2D eigenvalue weighted by molar-refractivity contribution is 5.06. The van der Waals surface area contributed by atoms with Gasteiger partial charge in [-0.15, -0.1) is 0 Å². The Morgan fingerprint density at radius 3 is 2.43 bits per heavy atom. The summed E-state index contributed by atoms with van der Waals surface area (Å²) in [5, 5.41) is 0. The van der Waals surface area contributed by atoms with Crippen molar-refractivity contribution < 1.29 is 0 Å². The van der Waals surface area contributed by atoms with Gasteiger partial charge in [0.1, 0.15) is 0 Å². The third-order valence-corrected chi connectivity index (χ3v) is 6.25. The molecular weight excluding hydrogens is 262 g/mol. The van der Waals surface area contributed by atoms with Crippen LogP contribution in [-0.2, 0) is 6.54 Å². The summed E-state index contributed by atoms with van der Waals surface area (Å²) in [7, 11) is 0. The fourth-order valence-corrected chi connectivity index (χ4v) is 5.73. The summed E-state index contributed by atoms with van der Waals surface area (Å²) >= 11 is 0. The van der Waals surface area contributed by atoms with Crippen molar-refractivity contribution in [3.63, 3.8) is 0 Å². The molecule has 114 valence electrons. The van der Waals surface area contributed by atoms with E-state index in [1.54, 1.807) is 10.8 Å². The van der Waals surface area contributed by atoms with Gasteiger partial charge in [-0.2, -0.15) is 0 Å². The van der Waals surface area contributed by atoms with E-state index >= 15 is 0 Å². The van der Waals surface area contributed by atoms with Gasteiger partial charge in [0.15, 0.2) is 0 Å². The molecule has 0 aliphatic heterocycles. The van der Waals surface area contributed by atoms with Crippen molar-refractivity contribution in [3.8, 4) is 0 Å². The largest absolute Gasteiger partial charge is 0.347 e. The second-order valence-electron chi connectivity index (χ2n) is 7.95. The summed E-state index contributed by atoms with van der Waals surface area (Å²) in [6.07, 6.45) is 11.7. The maximum atomic E-state index is 11.9. The van der Waals surface area contributed by atoms with Gasteiger partial charge in [0.05, 0.1) is 0 Å². The van der Waals surface area contributed by atoms with Crippen molar-refractivity contribution in [3.05, 3.63) is 28.4 Å². The highest BCUT2D eigenvalue weighted by Gasteiger charge is 2.53. The van der Waals surface area contributed by atoms with Crippen LogP contribution in [0.4, 0.5) is 0 Å². The molecule has 2 N–H and O–H groups in total. The number of nitrogens with zero attached hydrogens (tertiary/aromatic N) is 2. The summed E-state index contributed by atoms with van der Waals surface area (Å²) < 4.78 is 1.72. The van der Waals surface area contributed by atoms with Crippen LogP contribution >= 0.6 is 0 Å². The lowest BCUT2D eigenvalue weighted by Gasteiger charge is -2.59. The first-order chi connectivity index (χ1) is 10.0. The van der Waals surface area contributed by atoms with E-state index in [2.05, 4.69) is 4.98 Å². The smallest absolute Gasteiger partial charge is 0.326 e. The molecule has 1 aromatic rings. The first-order valence-corrected chi connectivity index (χ1v) is 8.33. The number of hydrogen-bond acceptors (Lipinski definition) is 3. The SMILES string of the molecule is Cc1cnc(=O)n(CC(N)C23CC4CC(CC(C4)C2)C3)c1. The van der Waals surface area contributed by atoms with Gasteiger partial charge in [-0.3, -0.25) is 4.57 Å². The molecule has 0 saturated heterocycles. The van der Waals surface area contributed by atoms with Crippen LogP contribution in [0.15, 0.2) is 17.2 Å². The Hall–Kier alpha value is -1.16. The molecule has 1 aromatic heterocycles. The third kappa shape index (κ3) is 2.24. The minimum atomic E-state index is -0.166. The van der Waals surface area contributed by atoms with Gasteiger partial charge in [0.2, 0.25) is 0 Å². The average Bonchev–Trinajstić information content (AvgIpc) is 2.41. The van der Waals surface area contributed by atoms with Crippen LogP contribution < -0.4 is 11.4 Å². The number of nitrogens with two attached hydrogens (primary N) is 1. The lowest BCUT2D eigenvalue weighted by atomic mass is 9.48. The molecule has 0 amide bonds. The van der Waals surface area contributed by atoms with Gasteiger partial charge >= 0.3 is 5.69 Å². The zero-order valence-corrected chi connectivity index (χ0v) is 12.8. The minimum absolute atomic E-state index is 0.0900. The molecule has 21 heavy (non-hydrogen) atoms. The third-order valence-electron chi connectivity index (χ3n) is 6.25. The molecule has 4 nitrogen and oxygen atoms in total. The predicted octanol–water partition coefficient (Wildman–Crippen LogP) is 2.10. The molecule has 4 heteroatoms. The van der Waals surface area contributed by atoms with E-state index in [-0.39, 0.29) is 17.1 Å². The summed E-state index contributed by atoms with van der Waals surface area (Å²) in [6.45, 7) is 2.60. The molecule has 4 fully saturated rings. The Kier molecular flexibility index (Phi) is 3.00. The summed E-state index contributed by atoms with van der Waals surface area (Å²) in [6, 6.07) is 0.0900. The van der Waals surface area contributed by atoms with Gasteiger partial charge in [0, 0.05) is 25.0 Å². The molecule has 4 saturated carbocycles. The van der Waals surface area contributed by atoms with E-state index < -0.39 is 0 Å². The van der Waals surface area contributed by atoms with Crippen molar-refractivity contribution in [2.45, 2.75) is 58.0 Å². The van der Waals surface area contributed by atoms with Crippen LogP contribution in [-0.4, -0.2) is 15.6 Å². The van der Waals surface area contributed by atoms with E-state index in [0.717, 1.165) is 23.3 Å². The molecule has 1 heterocycles. The molecule has 0 spiro atoms. The Labute approximate surface area is 125 Å². The first kappa shape index (κ1) is 13.5. The second kappa shape index (κ2) is 4.67. The highest BCUT2D eigenvalue weighted by atomic mass is 16.1. The lowest BCUT2D eigenvalue weighted by Crippen LogP contribution is -2.56. The average molecular weight is 287 g/mol. The molecule has 1 atom stereocenters. The Morgan fingerprint density at radius 1 is 1.29 bits per heavy atom. The molecular formula is C17H25N3O. The van der Waals surface area contributed by atoms with Crippen molar-refractivity contribution >= 4 is 0 Å². The summed E-state index contributed by atoms with van der Waals surface area (Å²) in [4.78, 5) is 15.9. The maximum absolute atomic E-state index is 11.9. The molecule has 4 bridgehead atoms. The zero-order chi connectivity index (χ0) is 14.6. The maximum Gasteiger partial charge on any atom is 0.347 e. The topological polar surface area (TPSA) is 60.9 Å².